The van der Waals surface area contributed by atoms with Crippen LogP contribution in [0.25, 0.3) is 0 Å². The third-order valence-corrected chi connectivity index (χ3v) is 16.8. The van der Waals surface area contributed by atoms with Gasteiger partial charge >= 0.3 is 24.1 Å². The first-order valence-corrected chi connectivity index (χ1v) is 29.5. The number of ketones is 1. The summed E-state index contributed by atoms with van der Waals surface area (Å²) in [6.45, 7) is 11.7. The molecule has 2 aromatic carbocycles. The van der Waals surface area contributed by atoms with Crippen LogP contribution in [0, 0.1) is 24.6 Å². The van der Waals surface area contributed by atoms with Crippen molar-refractivity contribution in [3.05, 3.63) is 87.2 Å². The number of rotatable bonds is 22. The van der Waals surface area contributed by atoms with Gasteiger partial charge in [-0.15, -0.1) is 5.06 Å². The number of epoxide rings is 1. The Labute approximate surface area is 514 Å². The summed E-state index contributed by atoms with van der Waals surface area (Å²) in [5.74, 6) is -8.64. The molecular weight excluding hydrogens is 1170 g/mol. The molecule has 2 aromatic rings. The summed E-state index contributed by atoms with van der Waals surface area (Å²) in [7, 11) is 4.17. The fourth-order valence-electron chi connectivity index (χ4n) is 10.8. The fourth-order valence-corrected chi connectivity index (χ4v) is 11.0. The Morgan fingerprint density at radius 2 is 1.66 bits per heavy atom. The van der Waals surface area contributed by atoms with Gasteiger partial charge < -0.3 is 60.4 Å². The Kier molecular flexibility index (Phi) is 23.6. The fraction of sp³-hybridized carbons (Fsp3) is 0.557. The highest BCUT2D eigenvalue weighted by Gasteiger charge is 2.64. The van der Waals surface area contributed by atoms with Gasteiger partial charge in [0.1, 0.15) is 41.8 Å². The molecule has 3 fully saturated rings. The number of primary amides is 1. The van der Waals surface area contributed by atoms with E-state index in [1.54, 1.807) is 52.8 Å². The number of ether oxygens (including phenoxy) is 4. The molecule has 7 N–H and O–H groups in total. The summed E-state index contributed by atoms with van der Waals surface area (Å²) in [6.07, 6.45) is -0.500. The molecule has 0 spiro atoms. The summed E-state index contributed by atoms with van der Waals surface area (Å²) < 4.78 is 40.0. The molecule has 4 aliphatic heterocycles. The second-order valence-electron chi connectivity index (χ2n) is 23.4. The van der Waals surface area contributed by atoms with Crippen LogP contribution in [0.5, 0.6) is 0 Å². The first-order valence-electron chi connectivity index (χ1n) is 29.2. The van der Waals surface area contributed by atoms with Crippen LogP contribution >= 0.6 is 11.6 Å². The average molecular weight is 1250 g/mol. The standard InChI is InChI=1S/C61H80ClFN8O17/c1-32(2)53(67-47(73)18-11-12-19-51(77)88-71-48(74)22-23-49(71)75)55(78)66-41(16-14-24-65-58(64)81)43(72)29-37-20-21-39(40(63)27-37)56(79)69(8)36(6)57(80)86-46-30-50(76)70(9)42-28-38(26-34(4)52(42)62)25-33(3)15-13-17-45(84-10)61(83)31-44(85-59(82)68-61)35(5)54-60(46,7)87-54/h13,15,17,20-21,26-28,32,35-36,41,44-46,53-54,83H,11-12,14,16,18-19,22-25,29-31H2,1-10H3,(H,66,78)(H,67,73)(H,68,82)(H3,64,65,81)/b17-13+,33-15+/t35-,36+,41+,44+,45-,46+,53+,54+,60+,61+/m1/s1. The number of anilines is 1. The lowest BCUT2D eigenvalue weighted by atomic mass is 9.83. The number of amides is 9. The van der Waals surface area contributed by atoms with E-state index in [9.17, 15) is 57.8 Å². The van der Waals surface area contributed by atoms with Gasteiger partial charge in [0.25, 0.3) is 17.7 Å². The van der Waals surface area contributed by atoms with Gasteiger partial charge in [-0.1, -0.05) is 68.3 Å². The SMILES string of the molecule is CO[C@@H]1/C=C/C=C(\C)Cc2cc(C)c(Cl)c(c2)N(C)C(=O)C[C@H](OC(=O)[C@H](C)N(C)C(=O)c2ccc(CC(=O)[C@H](CCCNC(N)=O)NC(=O)[C@@H](NC(=O)CCCCC(=O)ON3C(=O)CCC3=O)C(C)C)cc2F)[C@]2(C)O[C@H]2[C@H](C)[C@@H]2C[C@@]1(O)NC(=O)O2. The molecular formula is C61H80ClFN8O17. The van der Waals surface area contributed by atoms with Gasteiger partial charge in [0, 0.05) is 72.2 Å². The third kappa shape index (κ3) is 17.5. The van der Waals surface area contributed by atoms with Crippen molar-refractivity contribution >= 4 is 82.6 Å². The van der Waals surface area contributed by atoms with Crippen LogP contribution in [-0.4, -0.2) is 162 Å². The number of Topliss-reactive ketones (excluding diaryl/α,β-unsaturated/α-hetero) is 1. The van der Waals surface area contributed by atoms with Crippen molar-refractivity contribution in [3.63, 3.8) is 0 Å². The van der Waals surface area contributed by atoms with Crippen LogP contribution in [0.1, 0.15) is 133 Å². The van der Waals surface area contributed by atoms with Gasteiger partial charge in [0.05, 0.1) is 34.8 Å². The molecule has 0 radical (unpaired) electrons. The maximum atomic E-state index is 16.2. The number of methoxy groups -OCH3 is 1. The first-order chi connectivity index (χ1) is 41.4. The number of fused-ring (bicyclic) bond motifs is 5. The lowest BCUT2D eigenvalue weighted by molar-refractivity contribution is -0.197. The molecule has 4 bridgehead atoms. The summed E-state index contributed by atoms with van der Waals surface area (Å²) in [5, 5.41) is 22.9. The highest BCUT2D eigenvalue weighted by Crippen LogP contribution is 2.49. The number of hydrogen-bond donors (Lipinski definition) is 6. The summed E-state index contributed by atoms with van der Waals surface area (Å²) >= 11 is 6.84. The lowest BCUT2D eigenvalue weighted by Gasteiger charge is -2.42. The molecule has 4 aliphatic rings. The predicted octanol–water partition coefficient (Wildman–Crippen LogP) is 4.62. The number of urea groups is 1. The van der Waals surface area contributed by atoms with Crippen molar-refractivity contribution in [3.8, 4) is 0 Å². The number of imide groups is 1. The number of benzene rings is 2. The minimum Gasteiger partial charge on any atom is -0.457 e. The molecule has 6 rings (SSSR count). The third-order valence-electron chi connectivity index (χ3n) is 16.3. The van der Waals surface area contributed by atoms with Crippen LogP contribution in [0.2, 0.25) is 5.02 Å². The van der Waals surface area contributed by atoms with Gasteiger partial charge in [-0.3, -0.25) is 38.9 Å². The summed E-state index contributed by atoms with van der Waals surface area (Å²) in [5.41, 5.74) is 4.29. The van der Waals surface area contributed by atoms with Gasteiger partial charge in [-0.2, -0.15) is 0 Å². The van der Waals surface area contributed by atoms with E-state index in [0.29, 0.717) is 27.8 Å². The number of unbranched alkanes of at least 4 members (excludes halogenated alkanes) is 1. The zero-order chi connectivity index (χ0) is 65.1. The highest BCUT2D eigenvalue weighted by molar-refractivity contribution is 6.34. The van der Waals surface area contributed by atoms with E-state index in [4.69, 9.17) is 41.1 Å². The molecule has 25 nitrogen and oxygen atoms in total. The highest BCUT2D eigenvalue weighted by atomic mass is 35.5. The number of aliphatic hydroxyl groups is 1. The molecule has 4 heterocycles. The van der Waals surface area contributed by atoms with Gasteiger partial charge in [0.15, 0.2) is 11.5 Å². The molecule has 27 heteroatoms. The van der Waals surface area contributed by atoms with Gasteiger partial charge in [0.2, 0.25) is 17.7 Å². The van der Waals surface area contributed by atoms with Crippen LogP contribution in [0.3, 0.4) is 0 Å². The van der Waals surface area contributed by atoms with Gasteiger partial charge in [-0.25, -0.2) is 23.6 Å². The van der Waals surface area contributed by atoms with Crippen molar-refractivity contribution in [2.45, 2.75) is 179 Å². The lowest BCUT2D eigenvalue weighted by Crippen LogP contribution is -2.63. The number of alkyl carbamates (subject to hydrolysis) is 1. The van der Waals surface area contributed by atoms with E-state index in [-0.39, 0.29) is 69.9 Å². The van der Waals surface area contributed by atoms with Crippen LogP contribution in [0.4, 0.5) is 19.7 Å². The molecule has 3 saturated heterocycles. The number of nitrogens with two attached hydrogens (primary N) is 1. The molecule has 10 atom stereocenters. The summed E-state index contributed by atoms with van der Waals surface area (Å²) in [4.78, 5) is 151. The van der Waals surface area contributed by atoms with Crippen molar-refractivity contribution in [2.24, 2.45) is 17.6 Å². The van der Waals surface area contributed by atoms with Gasteiger partial charge in [-0.05, 0) is 101 Å². The second kappa shape index (κ2) is 29.9. The largest absolute Gasteiger partial charge is 0.457 e. The molecule has 0 aromatic heterocycles. The quantitative estimate of drug-likeness (QED) is 0.0405. The number of carbonyl (C=O) groups is 11. The maximum absolute atomic E-state index is 16.2. The molecule has 88 heavy (non-hydrogen) atoms. The number of esters is 1. The Balaban J connectivity index is 1.14. The number of aryl methyl sites for hydroxylation is 1. The monoisotopic (exact) mass is 1250 g/mol. The first kappa shape index (κ1) is 69.3. The number of nitrogens with zero attached hydrogens (tertiary/aromatic N) is 3. The Morgan fingerprint density at radius 3 is 2.31 bits per heavy atom. The summed E-state index contributed by atoms with van der Waals surface area (Å²) in [6, 6.07) is 2.50. The maximum Gasteiger partial charge on any atom is 0.409 e. The molecule has 9 amide bonds. The predicted molar refractivity (Wildman–Crippen MR) is 315 cm³/mol. The average Bonchev–Trinajstić information content (AvgIpc) is 1.62. The van der Waals surface area contributed by atoms with Crippen LogP contribution in [-0.2, 0) is 75.0 Å². The van der Waals surface area contributed by atoms with Crippen molar-refractivity contribution in [1.29, 1.82) is 0 Å². The normalized spacial score (nSPS) is 24.9. The smallest absolute Gasteiger partial charge is 0.409 e. The van der Waals surface area contributed by atoms with Crippen molar-refractivity contribution in [1.82, 2.24) is 31.2 Å². The van der Waals surface area contributed by atoms with E-state index < -0.39 is 155 Å². The Morgan fingerprint density at radius 1 is 0.977 bits per heavy atom. The number of hydroxylamine groups is 2. The number of likely N-dealkylation sites (N-methyl/N-ethyl adjacent to an activating group) is 1. The van der Waals surface area contributed by atoms with E-state index in [2.05, 4.69) is 21.3 Å². The molecule has 0 unspecified atom stereocenters. The minimum absolute atomic E-state index is 0.0201. The van der Waals surface area contributed by atoms with E-state index in [0.717, 1.165) is 28.2 Å². The molecule has 0 saturated carbocycles. The van der Waals surface area contributed by atoms with E-state index in [1.165, 1.54) is 39.1 Å². The topological polar surface area (TPSA) is 341 Å². The number of nitrogens with one attached hydrogen (secondary N) is 4. The zero-order valence-electron chi connectivity index (χ0n) is 51.2. The second-order valence-corrected chi connectivity index (χ2v) is 23.8. The number of halogens is 2. The zero-order valence-corrected chi connectivity index (χ0v) is 51.9. The Hall–Kier alpha value is -7.81. The Bertz CT molecular complexity index is 3090. The van der Waals surface area contributed by atoms with Crippen LogP contribution in [0.15, 0.2) is 54.1 Å². The van der Waals surface area contributed by atoms with Crippen LogP contribution < -0.4 is 31.9 Å². The number of allylic oxidation sites excluding steroid dienone is 3. The molecule has 480 valence electrons. The van der Waals surface area contributed by atoms with Crippen molar-refractivity contribution < 1.29 is 86.0 Å². The number of hydrogen-bond acceptors (Lipinski definition) is 17. The van der Waals surface area contributed by atoms with Crippen molar-refractivity contribution in [2.75, 3.05) is 32.6 Å². The van der Waals surface area contributed by atoms with E-state index in [1.807, 2.05) is 19.1 Å². The molecule has 0 aliphatic carbocycles. The number of carbonyl (C=O) groups excluding carboxylic acids is 11. The van der Waals surface area contributed by atoms with E-state index >= 15 is 4.39 Å². The minimum atomic E-state index is -1.93.